The second kappa shape index (κ2) is 10.2. The molecular formula is C27H29FO2. The lowest BCUT2D eigenvalue weighted by molar-refractivity contribution is 0.112. The van der Waals surface area contributed by atoms with Gasteiger partial charge < -0.3 is 4.74 Å². The first-order chi connectivity index (χ1) is 14.5. The maximum absolute atomic E-state index is 14.2. The van der Waals surface area contributed by atoms with Gasteiger partial charge in [-0.2, -0.15) is 0 Å². The number of aldehydes is 1. The van der Waals surface area contributed by atoms with Crippen molar-refractivity contribution in [1.29, 1.82) is 0 Å². The first-order valence-electron chi connectivity index (χ1n) is 10.5. The SMILES string of the molecule is Cc1ccc(C[C@H](CCCOc2ccc(C=O)cc2)c2cccc(F)c2C)cc1C. The van der Waals surface area contributed by atoms with E-state index in [-0.39, 0.29) is 11.7 Å². The maximum atomic E-state index is 14.2. The molecule has 0 spiro atoms. The zero-order chi connectivity index (χ0) is 21.5. The first kappa shape index (κ1) is 21.8. The molecule has 0 fully saturated rings. The highest BCUT2D eigenvalue weighted by Crippen LogP contribution is 2.30. The summed E-state index contributed by atoms with van der Waals surface area (Å²) in [5.74, 6) is 0.834. The first-order valence-corrected chi connectivity index (χ1v) is 10.5. The van der Waals surface area contributed by atoms with Crippen LogP contribution in [0.3, 0.4) is 0 Å². The molecule has 0 saturated carbocycles. The smallest absolute Gasteiger partial charge is 0.150 e. The summed E-state index contributed by atoms with van der Waals surface area (Å²) >= 11 is 0. The molecule has 3 heteroatoms. The molecule has 0 bridgehead atoms. The third-order valence-electron chi connectivity index (χ3n) is 5.78. The number of halogens is 1. The molecule has 3 aromatic rings. The summed E-state index contributed by atoms with van der Waals surface area (Å²) in [5, 5.41) is 0. The van der Waals surface area contributed by atoms with Gasteiger partial charge in [0.15, 0.2) is 0 Å². The van der Waals surface area contributed by atoms with Crippen LogP contribution in [-0.4, -0.2) is 12.9 Å². The molecular weight excluding hydrogens is 375 g/mol. The number of benzene rings is 3. The second-order valence-corrected chi connectivity index (χ2v) is 7.95. The molecule has 0 aliphatic heterocycles. The fraction of sp³-hybridized carbons (Fsp3) is 0.296. The minimum absolute atomic E-state index is 0.149. The maximum Gasteiger partial charge on any atom is 0.150 e. The average molecular weight is 405 g/mol. The van der Waals surface area contributed by atoms with Crippen LogP contribution < -0.4 is 4.74 Å². The fourth-order valence-electron chi connectivity index (χ4n) is 3.81. The average Bonchev–Trinajstić information content (AvgIpc) is 2.75. The summed E-state index contributed by atoms with van der Waals surface area (Å²) in [6.45, 7) is 6.69. The van der Waals surface area contributed by atoms with E-state index in [0.29, 0.717) is 12.2 Å². The minimum Gasteiger partial charge on any atom is -0.494 e. The predicted octanol–water partition coefficient (Wildman–Crippen LogP) is 6.75. The summed E-state index contributed by atoms with van der Waals surface area (Å²) in [5.41, 5.74) is 6.28. The molecule has 0 unspecified atom stereocenters. The number of aryl methyl sites for hydroxylation is 2. The second-order valence-electron chi connectivity index (χ2n) is 7.95. The van der Waals surface area contributed by atoms with Crippen LogP contribution in [0.25, 0.3) is 0 Å². The topological polar surface area (TPSA) is 26.3 Å². The van der Waals surface area contributed by atoms with Crippen molar-refractivity contribution in [2.75, 3.05) is 6.61 Å². The van der Waals surface area contributed by atoms with Crippen molar-refractivity contribution in [3.8, 4) is 5.75 Å². The van der Waals surface area contributed by atoms with Crippen LogP contribution in [-0.2, 0) is 6.42 Å². The van der Waals surface area contributed by atoms with E-state index in [4.69, 9.17) is 4.74 Å². The largest absolute Gasteiger partial charge is 0.494 e. The Hall–Kier alpha value is -2.94. The van der Waals surface area contributed by atoms with Crippen molar-refractivity contribution >= 4 is 6.29 Å². The van der Waals surface area contributed by atoms with Crippen LogP contribution in [0.2, 0.25) is 0 Å². The zero-order valence-electron chi connectivity index (χ0n) is 18.0. The molecule has 0 aliphatic carbocycles. The highest BCUT2D eigenvalue weighted by molar-refractivity contribution is 5.74. The van der Waals surface area contributed by atoms with Crippen molar-refractivity contribution in [1.82, 2.24) is 0 Å². The van der Waals surface area contributed by atoms with Crippen LogP contribution in [0.5, 0.6) is 5.75 Å². The summed E-state index contributed by atoms with van der Waals surface area (Å²) in [4.78, 5) is 10.8. The molecule has 0 amide bonds. The van der Waals surface area contributed by atoms with Gasteiger partial charge in [-0.3, -0.25) is 4.79 Å². The van der Waals surface area contributed by atoms with Crippen molar-refractivity contribution in [3.63, 3.8) is 0 Å². The van der Waals surface area contributed by atoms with E-state index < -0.39 is 0 Å². The Morgan fingerprint density at radius 1 is 0.967 bits per heavy atom. The van der Waals surface area contributed by atoms with E-state index in [9.17, 15) is 9.18 Å². The number of carbonyl (C=O) groups is 1. The molecule has 0 heterocycles. The molecule has 0 N–H and O–H groups in total. The van der Waals surface area contributed by atoms with Crippen LogP contribution in [0.15, 0.2) is 60.7 Å². The normalized spacial score (nSPS) is 11.9. The molecule has 3 rings (SSSR count). The van der Waals surface area contributed by atoms with Crippen LogP contribution in [0.1, 0.15) is 56.9 Å². The van der Waals surface area contributed by atoms with Gasteiger partial charge in [0, 0.05) is 5.56 Å². The molecule has 156 valence electrons. The van der Waals surface area contributed by atoms with Crippen LogP contribution >= 0.6 is 0 Å². The Bertz CT molecular complexity index is 992. The number of hydrogen-bond donors (Lipinski definition) is 0. The lowest BCUT2D eigenvalue weighted by Crippen LogP contribution is -2.09. The van der Waals surface area contributed by atoms with E-state index in [1.165, 1.54) is 22.8 Å². The van der Waals surface area contributed by atoms with Crippen LogP contribution in [0, 0.1) is 26.6 Å². The van der Waals surface area contributed by atoms with Crippen LogP contribution in [0.4, 0.5) is 4.39 Å². The Balaban J connectivity index is 1.69. The number of rotatable bonds is 9. The van der Waals surface area contributed by atoms with Crippen molar-refractivity contribution in [2.24, 2.45) is 0 Å². The summed E-state index contributed by atoms with van der Waals surface area (Å²) in [6, 6.07) is 19.1. The number of carbonyl (C=O) groups excluding carboxylic acids is 1. The number of ether oxygens (including phenoxy) is 1. The van der Waals surface area contributed by atoms with Crippen molar-refractivity contribution in [2.45, 2.75) is 46.0 Å². The fourth-order valence-corrected chi connectivity index (χ4v) is 3.81. The van der Waals surface area contributed by atoms with E-state index in [2.05, 4.69) is 32.0 Å². The zero-order valence-corrected chi connectivity index (χ0v) is 18.0. The molecule has 3 aromatic carbocycles. The van der Waals surface area contributed by atoms with E-state index in [1.54, 1.807) is 18.2 Å². The molecule has 0 radical (unpaired) electrons. The summed E-state index contributed by atoms with van der Waals surface area (Å²) in [6.07, 6.45) is 3.46. The minimum atomic E-state index is -0.149. The molecule has 0 aliphatic rings. The van der Waals surface area contributed by atoms with E-state index >= 15 is 0 Å². The molecule has 2 nitrogen and oxygen atoms in total. The number of hydrogen-bond acceptors (Lipinski definition) is 2. The van der Waals surface area contributed by atoms with Gasteiger partial charge in [0.2, 0.25) is 0 Å². The lowest BCUT2D eigenvalue weighted by Gasteiger charge is -2.21. The monoisotopic (exact) mass is 404 g/mol. The van der Waals surface area contributed by atoms with Gasteiger partial charge in [0.1, 0.15) is 17.9 Å². The third-order valence-corrected chi connectivity index (χ3v) is 5.78. The standard InChI is InChI=1S/C27H29FO2/c1-19-9-10-23(16-20(19)2)17-24(26-7-4-8-27(28)21(26)3)6-5-15-30-25-13-11-22(18-29)12-14-25/h4,7-14,16,18,24H,5-6,15,17H2,1-3H3/t24-/m0/s1. The third kappa shape index (κ3) is 5.56. The van der Waals surface area contributed by atoms with Gasteiger partial charge in [-0.15, -0.1) is 0 Å². The highest BCUT2D eigenvalue weighted by atomic mass is 19.1. The van der Waals surface area contributed by atoms with Gasteiger partial charge in [-0.25, -0.2) is 4.39 Å². The Labute approximate surface area is 178 Å². The summed E-state index contributed by atoms with van der Waals surface area (Å²) < 4.78 is 20.1. The molecule has 0 saturated heterocycles. The Kier molecular flexibility index (Phi) is 7.40. The summed E-state index contributed by atoms with van der Waals surface area (Å²) in [7, 11) is 0. The Morgan fingerprint density at radius 2 is 1.73 bits per heavy atom. The van der Waals surface area contributed by atoms with Crippen molar-refractivity contribution < 1.29 is 13.9 Å². The Morgan fingerprint density at radius 3 is 2.43 bits per heavy atom. The quantitative estimate of drug-likeness (QED) is 0.291. The van der Waals surface area contributed by atoms with Gasteiger partial charge >= 0.3 is 0 Å². The molecule has 0 aromatic heterocycles. The van der Waals surface area contributed by atoms with Gasteiger partial charge in [0.05, 0.1) is 6.61 Å². The van der Waals surface area contributed by atoms with Gasteiger partial charge in [0.25, 0.3) is 0 Å². The van der Waals surface area contributed by atoms with E-state index in [0.717, 1.165) is 42.4 Å². The van der Waals surface area contributed by atoms with Gasteiger partial charge in [-0.1, -0.05) is 30.3 Å². The van der Waals surface area contributed by atoms with Gasteiger partial charge in [-0.05, 0) is 104 Å². The highest BCUT2D eigenvalue weighted by Gasteiger charge is 2.17. The van der Waals surface area contributed by atoms with Crippen molar-refractivity contribution in [3.05, 3.63) is 99.9 Å². The molecule has 30 heavy (non-hydrogen) atoms. The predicted molar refractivity (Wildman–Crippen MR) is 120 cm³/mol. The molecule has 1 atom stereocenters. The lowest BCUT2D eigenvalue weighted by atomic mass is 9.85. The van der Waals surface area contributed by atoms with E-state index in [1.807, 2.05) is 25.1 Å².